The quantitative estimate of drug-likeness (QED) is 0.829. The van der Waals surface area contributed by atoms with E-state index in [-0.39, 0.29) is 6.10 Å². The largest absolute Gasteiger partial charge is 0.497 e. The number of nitrogens with one attached hydrogen (secondary N) is 1. The van der Waals surface area contributed by atoms with Gasteiger partial charge in [0.2, 0.25) is 0 Å². The van der Waals surface area contributed by atoms with Crippen LogP contribution in [-0.2, 0) is 0 Å². The first-order valence-electron chi connectivity index (χ1n) is 7.23. The monoisotopic (exact) mass is 263 g/mol. The molecule has 19 heavy (non-hydrogen) atoms. The van der Waals surface area contributed by atoms with E-state index >= 15 is 0 Å². The first-order valence-corrected chi connectivity index (χ1v) is 7.23. The summed E-state index contributed by atoms with van der Waals surface area (Å²) in [5.41, 5.74) is 1.32. The van der Waals surface area contributed by atoms with Crippen molar-refractivity contribution in [2.24, 2.45) is 5.92 Å². The van der Waals surface area contributed by atoms with E-state index in [1.165, 1.54) is 12.0 Å². The molecule has 1 fully saturated rings. The average molecular weight is 263 g/mol. The standard InChI is InChI=1S/C16H25NO2/c1-12(13-6-8-15(19-2)9-7-13)10-17-11-14-4-3-5-16(14)18/h6-9,12,14,16-18H,3-5,10-11H2,1-2H3. The van der Waals surface area contributed by atoms with Crippen molar-refractivity contribution < 1.29 is 9.84 Å². The van der Waals surface area contributed by atoms with E-state index in [9.17, 15) is 5.11 Å². The predicted molar refractivity (Wildman–Crippen MR) is 77.6 cm³/mol. The third kappa shape index (κ3) is 3.95. The highest BCUT2D eigenvalue weighted by atomic mass is 16.5. The number of aliphatic hydroxyl groups excluding tert-OH is 1. The Morgan fingerprint density at radius 2 is 2.05 bits per heavy atom. The van der Waals surface area contributed by atoms with E-state index in [1.54, 1.807) is 7.11 Å². The van der Waals surface area contributed by atoms with Gasteiger partial charge in [-0.05, 0) is 42.4 Å². The summed E-state index contributed by atoms with van der Waals surface area (Å²) in [6, 6.07) is 8.25. The van der Waals surface area contributed by atoms with Crippen molar-refractivity contribution in [1.82, 2.24) is 5.32 Å². The number of ether oxygens (including phenoxy) is 1. The number of aliphatic hydroxyl groups is 1. The van der Waals surface area contributed by atoms with Crippen LogP contribution in [0.15, 0.2) is 24.3 Å². The van der Waals surface area contributed by atoms with Gasteiger partial charge >= 0.3 is 0 Å². The van der Waals surface area contributed by atoms with Gasteiger partial charge < -0.3 is 15.2 Å². The molecule has 3 unspecified atom stereocenters. The maximum absolute atomic E-state index is 9.77. The molecule has 106 valence electrons. The van der Waals surface area contributed by atoms with Crippen LogP contribution in [0, 0.1) is 5.92 Å². The van der Waals surface area contributed by atoms with Gasteiger partial charge in [-0.2, -0.15) is 0 Å². The second-order valence-corrected chi connectivity index (χ2v) is 5.59. The van der Waals surface area contributed by atoms with Crippen molar-refractivity contribution in [2.75, 3.05) is 20.2 Å². The van der Waals surface area contributed by atoms with E-state index in [0.29, 0.717) is 11.8 Å². The molecule has 1 aliphatic rings. The van der Waals surface area contributed by atoms with E-state index in [4.69, 9.17) is 4.74 Å². The molecule has 2 rings (SSSR count). The number of benzene rings is 1. The molecule has 0 spiro atoms. The zero-order valence-electron chi connectivity index (χ0n) is 11.9. The molecule has 3 nitrogen and oxygen atoms in total. The topological polar surface area (TPSA) is 41.5 Å². The molecule has 1 aromatic rings. The molecule has 1 aliphatic carbocycles. The fourth-order valence-electron chi connectivity index (χ4n) is 2.79. The van der Waals surface area contributed by atoms with Crippen LogP contribution < -0.4 is 10.1 Å². The molecule has 0 aliphatic heterocycles. The Bertz CT molecular complexity index is 377. The zero-order valence-corrected chi connectivity index (χ0v) is 11.9. The first kappa shape index (κ1) is 14.4. The van der Waals surface area contributed by atoms with Gasteiger partial charge in [0.1, 0.15) is 5.75 Å². The van der Waals surface area contributed by atoms with Crippen LogP contribution in [0.25, 0.3) is 0 Å². The Morgan fingerprint density at radius 3 is 2.63 bits per heavy atom. The van der Waals surface area contributed by atoms with E-state index in [0.717, 1.165) is 31.7 Å². The summed E-state index contributed by atoms with van der Waals surface area (Å²) < 4.78 is 5.17. The first-order chi connectivity index (χ1) is 9.20. The summed E-state index contributed by atoms with van der Waals surface area (Å²) in [4.78, 5) is 0. The molecule has 0 amide bonds. The summed E-state index contributed by atoms with van der Waals surface area (Å²) in [7, 11) is 1.69. The molecule has 0 bridgehead atoms. The van der Waals surface area contributed by atoms with Gasteiger partial charge in [-0.15, -0.1) is 0 Å². The van der Waals surface area contributed by atoms with Gasteiger partial charge in [-0.3, -0.25) is 0 Å². The molecular formula is C16H25NO2. The van der Waals surface area contributed by atoms with Crippen LogP contribution in [0.1, 0.15) is 37.7 Å². The highest BCUT2D eigenvalue weighted by Crippen LogP contribution is 2.25. The third-order valence-electron chi connectivity index (χ3n) is 4.16. The lowest BCUT2D eigenvalue weighted by atomic mass is 10.0. The van der Waals surface area contributed by atoms with E-state index < -0.39 is 0 Å². The van der Waals surface area contributed by atoms with Crippen molar-refractivity contribution >= 4 is 0 Å². The van der Waals surface area contributed by atoms with Crippen LogP contribution >= 0.6 is 0 Å². The number of hydrogen-bond donors (Lipinski definition) is 2. The van der Waals surface area contributed by atoms with Crippen molar-refractivity contribution in [1.29, 1.82) is 0 Å². The molecule has 0 aromatic heterocycles. The molecule has 3 atom stereocenters. The molecule has 0 saturated heterocycles. The Hall–Kier alpha value is -1.06. The SMILES string of the molecule is COc1ccc(C(C)CNCC2CCCC2O)cc1. The average Bonchev–Trinajstić information content (AvgIpc) is 2.84. The van der Waals surface area contributed by atoms with Crippen molar-refractivity contribution in [3.05, 3.63) is 29.8 Å². The summed E-state index contributed by atoms with van der Waals surface area (Å²) in [5.74, 6) is 1.82. The highest BCUT2D eigenvalue weighted by Gasteiger charge is 2.24. The smallest absolute Gasteiger partial charge is 0.118 e. The second-order valence-electron chi connectivity index (χ2n) is 5.59. The lowest BCUT2D eigenvalue weighted by Gasteiger charge is -2.18. The molecule has 1 aromatic carbocycles. The second kappa shape index (κ2) is 6.92. The Kier molecular flexibility index (Phi) is 5.23. The minimum absolute atomic E-state index is 0.0937. The summed E-state index contributed by atoms with van der Waals surface area (Å²) >= 11 is 0. The molecule has 1 saturated carbocycles. The van der Waals surface area contributed by atoms with Gasteiger partial charge in [0, 0.05) is 13.1 Å². The summed E-state index contributed by atoms with van der Waals surface area (Å²) in [6.45, 7) is 4.11. The molecular weight excluding hydrogens is 238 g/mol. The lowest BCUT2D eigenvalue weighted by molar-refractivity contribution is 0.131. The minimum Gasteiger partial charge on any atom is -0.497 e. The van der Waals surface area contributed by atoms with Gasteiger partial charge in [0.25, 0.3) is 0 Å². The maximum atomic E-state index is 9.77. The van der Waals surface area contributed by atoms with Crippen LogP contribution in [0.5, 0.6) is 5.75 Å². The normalized spacial score (nSPS) is 24.4. The fourth-order valence-corrected chi connectivity index (χ4v) is 2.79. The van der Waals surface area contributed by atoms with Gasteiger partial charge in [0.05, 0.1) is 13.2 Å². The molecule has 0 radical (unpaired) electrons. The zero-order chi connectivity index (χ0) is 13.7. The van der Waals surface area contributed by atoms with Crippen molar-refractivity contribution in [3.8, 4) is 5.75 Å². The van der Waals surface area contributed by atoms with Crippen LogP contribution in [-0.4, -0.2) is 31.4 Å². The van der Waals surface area contributed by atoms with Crippen molar-refractivity contribution in [2.45, 2.75) is 38.2 Å². The number of hydrogen-bond acceptors (Lipinski definition) is 3. The van der Waals surface area contributed by atoms with Gasteiger partial charge in [-0.1, -0.05) is 25.5 Å². The van der Waals surface area contributed by atoms with Crippen LogP contribution in [0.2, 0.25) is 0 Å². The molecule has 3 heteroatoms. The molecule has 2 N–H and O–H groups in total. The highest BCUT2D eigenvalue weighted by molar-refractivity contribution is 5.29. The maximum Gasteiger partial charge on any atom is 0.118 e. The predicted octanol–water partition coefficient (Wildman–Crippen LogP) is 2.55. The van der Waals surface area contributed by atoms with Gasteiger partial charge in [0.15, 0.2) is 0 Å². The fraction of sp³-hybridized carbons (Fsp3) is 0.625. The van der Waals surface area contributed by atoms with E-state index in [1.807, 2.05) is 12.1 Å². The van der Waals surface area contributed by atoms with Crippen LogP contribution in [0.3, 0.4) is 0 Å². The van der Waals surface area contributed by atoms with Crippen LogP contribution in [0.4, 0.5) is 0 Å². The van der Waals surface area contributed by atoms with Crippen molar-refractivity contribution in [3.63, 3.8) is 0 Å². The number of methoxy groups -OCH3 is 1. The summed E-state index contributed by atoms with van der Waals surface area (Å²) in [6.07, 6.45) is 3.20. The Labute approximate surface area is 116 Å². The van der Waals surface area contributed by atoms with E-state index in [2.05, 4.69) is 24.4 Å². The third-order valence-corrected chi connectivity index (χ3v) is 4.16. The number of rotatable bonds is 6. The van der Waals surface area contributed by atoms with Gasteiger partial charge in [-0.25, -0.2) is 0 Å². The lowest BCUT2D eigenvalue weighted by Crippen LogP contribution is -2.30. The Balaban J connectivity index is 1.75. The Morgan fingerprint density at radius 1 is 1.32 bits per heavy atom. The minimum atomic E-state index is -0.0937. The molecule has 0 heterocycles. The summed E-state index contributed by atoms with van der Waals surface area (Å²) in [5, 5.41) is 13.3.